The first-order chi connectivity index (χ1) is 21.0. The zero-order chi connectivity index (χ0) is 30.6. The van der Waals surface area contributed by atoms with Crippen molar-refractivity contribution in [3.8, 4) is 28.7 Å². The number of ketones is 1. The van der Waals surface area contributed by atoms with Gasteiger partial charge in [-0.15, -0.1) is 11.8 Å². The first-order valence-electron chi connectivity index (χ1n) is 15.0. The van der Waals surface area contributed by atoms with Crippen LogP contribution < -0.4 is 18.9 Å². The lowest BCUT2D eigenvalue weighted by Crippen LogP contribution is -2.72. The van der Waals surface area contributed by atoms with Gasteiger partial charge in [0.15, 0.2) is 23.0 Å². The minimum atomic E-state index is -0.829. The second-order valence-corrected chi connectivity index (χ2v) is 14.4. The molecule has 6 aliphatic heterocycles. The monoisotopic (exact) mass is 620 g/mol. The van der Waals surface area contributed by atoms with E-state index in [2.05, 4.69) is 22.8 Å². The first-order valence-corrected chi connectivity index (χ1v) is 16.0. The van der Waals surface area contributed by atoms with Gasteiger partial charge in [0, 0.05) is 59.8 Å². The van der Waals surface area contributed by atoms with Crippen LogP contribution in [-0.4, -0.2) is 77.0 Å². The summed E-state index contributed by atoms with van der Waals surface area (Å²) in [4.78, 5) is 43.6. The zero-order valence-electron chi connectivity index (χ0n) is 25.0. The number of benzene rings is 2. The minimum Gasteiger partial charge on any atom is -0.504 e. The summed E-state index contributed by atoms with van der Waals surface area (Å²) in [5, 5.41) is 11.4. The fourth-order valence-electron chi connectivity index (χ4n) is 9.54. The number of rotatable bonds is 2. The molecule has 1 aliphatic carbocycles. The largest absolute Gasteiger partial charge is 0.504 e. The lowest BCUT2D eigenvalue weighted by Gasteiger charge is -2.65. The number of hydrogen-bond donors (Lipinski definition) is 1. The van der Waals surface area contributed by atoms with Gasteiger partial charge in [-0.05, 0) is 44.4 Å². The van der Waals surface area contributed by atoms with Crippen LogP contribution in [0.15, 0.2) is 6.07 Å². The molecular weight excluding hydrogens is 588 g/mol. The number of carbonyl (C=O) groups excluding carboxylic acids is 3. The molecule has 2 aromatic carbocycles. The van der Waals surface area contributed by atoms with E-state index in [0.29, 0.717) is 41.5 Å². The van der Waals surface area contributed by atoms with Gasteiger partial charge in [-0.2, -0.15) is 0 Å². The Kier molecular flexibility index (Phi) is 5.14. The third-order valence-corrected chi connectivity index (χ3v) is 12.4. The van der Waals surface area contributed by atoms with E-state index in [1.807, 2.05) is 13.8 Å². The van der Waals surface area contributed by atoms with E-state index in [1.165, 1.54) is 18.7 Å². The Bertz CT molecular complexity index is 1760. The van der Waals surface area contributed by atoms with Crippen molar-refractivity contribution < 1.29 is 43.2 Å². The van der Waals surface area contributed by atoms with Gasteiger partial charge in [-0.3, -0.25) is 19.4 Å². The third kappa shape index (κ3) is 2.95. The molecule has 9 rings (SSSR count). The maximum atomic E-state index is 13.1. The average molecular weight is 621 g/mol. The Morgan fingerprint density at radius 1 is 1.14 bits per heavy atom. The Morgan fingerprint density at radius 3 is 2.66 bits per heavy atom. The molecule has 4 fully saturated rings. The van der Waals surface area contributed by atoms with Gasteiger partial charge < -0.3 is 28.8 Å². The normalized spacial score (nSPS) is 35.4. The maximum absolute atomic E-state index is 13.1. The van der Waals surface area contributed by atoms with Crippen LogP contribution in [0.4, 0.5) is 0 Å². The number of nitrogens with zero attached hydrogens (tertiary/aromatic N) is 2. The predicted molar refractivity (Wildman–Crippen MR) is 155 cm³/mol. The molecule has 230 valence electrons. The van der Waals surface area contributed by atoms with Gasteiger partial charge in [0.1, 0.15) is 11.9 Å². The topological polar surface area (TPSA) is 124 Å². The smallest absolute Gasteiger partial charge is 0.375 e. The predicted octanol–water partition coefficient (Wildman–Crippen LogP) is 3.28. The highest BCUT2D eigenvalue weighted by molar-refractivity contribution is 8.00. The molecule has 11 nitrogen and oxygen atoms in total. The number of hydrogen-bond acceptors (Lipinski definition) is 12. The highest BCUT2D eigenvalue weighted by Gasteiger charge is 2.76. The van der Waals surface area contributed by atoms with Crippen molar-refractivity contribution in [3.05, 3.63) is 39.4 Å². The second kappa shape index (κ2) is 8.41. The third-order valence-electron chi connectivity index (χ3n) is 11.1. The molecule has 3 saturated heterocycles. The standard InChI is InChI=1S/C32H32N2O9S/c1-12-6-16-19(24(37)25(12)39-5)22-23-29-20-21(28-27(40-11-41-28)13(2)26(20)42-14(3)35)32(8-18(32)43-30(38)17(36)10-44-29)33(23)9-15-7-31(16,4)34(15)22/h6,15,18,22-23,29,37H,7-11H2,1-5H3/t15?,18?,22?,23?,29-,31?,32?/m1/s1. The van der Waals surface area contributed by atoms with Crippen molar-refractivity contribution in [2.24, 2.45) is 0 Å². The lowest BCUT2D eigenvalue weighted by atomic mass is 9.73. The highest BCUT2D eigenvalue weighted by atomic mass is 32.2. The van der Waals surface area contributed by atoms with Crippen LogP contribution in [0.5, 0.6) is 28.7 Å². The summed E-state index contributed by atoms with van der Waals surface area (Å²) in [5.41, 5.74) is 3.92. The molecule has 7 atom stereocenters. The van der Waals surface area contributed by atoms with E-state index in [0.717, 1.165) is 34.2 Å². The highest BCUT2D eigenvalue weighted by Crippen LogP contribution is 2.74. The number of fused-ring (bicyclic) bond motifs is 7. The van der Waals surface area contributed by atoms with Gasteiger partial charge in [0.25, 0.3) is 0 Å². The van der Waals surface area contributed by atoms with Crippen LogP contribution >= 0.6 is 11.8 Å². The number of phenolic OH excluding ortho intramolecular Hbond substituents is 1. The van der Waals surface area contributed by atoms with Crippen molar-refractivity contribution in [1.29, 1.82) is 0 Å². The van der Waals surface area contributed by atoms with E-state index in [-0.39, 0.29) is 42.0 Å². The van der Waals surface area contributed by atoms with Gasteiger partial charge in [0.05, 0.1) is 29.7 Å². The van der Waals surface area contributed by atoms with Crippen molar-refractivity contribution >= 4 is 29.5 Å². The number of methoxy groups -OCH3 is 1. The number of aryl methyl sites for hydroxylation is 1. The van der Waals surface area contributed by atoms with Crippen LogP contribution in [-0.2, 0) is 30.2 Å². The summed E-state index contributed by atoms with van der Waals surface area (Å²) in [6, 6.07) is 1.80. The van der Waals surface area contributed by atoms with E-state index >= 15 is 0 Å². The molecule has 44 heavy (non-hydrogen) atoms. The Labute approximate surface area is 257 Å². The number of phenols is 1. The molecule has 7 aliphatic rings. The molecule has 2 aromatic rings. The van der Waals surface area contributed by atoms with Crippen LogP contribution in [0.1, 0.15) is 71.4 Å². The van der Waals surface area contributed by atoms with Gasteiger partial charge in [0.2, 0.25) is 12.6 Å². The quantitative estimate of drug-likeness (QED) is 0.301. The van der Waals surface area contributed by atoms with Crippen LogP contribution in [0, 0.1) is 13.8 Å². The van der Waals surface area contributed by atoms with E-state index < -0.39 is 34.6 Å². The summed E-state index contributed by atoms with van der Waals surface area (Å²) >= 11 is 1.35. The summed E-state index contributed by atoms with van der Waals surface area (Å²) < 4.78 is 29.8. The molecule has 6 heterocycles. The number of ether oxygens (including phenoxy) is 5. The van der Waals surface area contributed by atoms with Crippen molar-refractivity contribution in [1.82, 2.24) is 9.80 Å². The van der Waals surface area contributed by atoms with Crippen LogP contribution in [0.2, 0.25) is 0 Å². The molecule has 12 heteroatoms. The van der Waals surface area contributed by atoms with Crippen molar-refractivity contribution in [2.75, 3.05) is 26.2 Å². The zero-order valence-corrected chi connectivity index (χ0v) is 25.8. The van der Waals surface area contributed by atoms with E-state index in [1.54, 1.807) is 7.11 Å². The summed E-state index contributed by atoms with van der Waals surface area (Å²) in [6.07, 6.45) is 0.752. The van der Waals surface area contributed by atoms with Crippen LogP contribution in [0.3, 0.4) is 0 Å². The molecule has 6 unspecified atom stereocenters. The molecule has 0 radical (unpaired) electrons. The van der Waals surface area contributed by atoms with Crippen molar-refractivity contribution in [2.45, 2.75) is 81.1 Å². The molecule has 1 spiro atoms. The van der Waals surface area contributed by atoms with Gasteiger partial charge in [-0.25, -0.2) is 4.79 Å². The van der Waals surface area contributed by atoms with Gasteiger partial charge >= 0.3 is 11.9 Å². The van der Waals surface area contributed by atoms with Gasteiger partial charge in [-0.1, -0.05) is 0 Å². The number of esters is 2. The average Bonchev–Trinajstić information content (AvgIpc) is 3.33. The molecular formula is C32H32N2O9S. The summed E-state index contributed by atoms with van der Waals surface area (Å²) in [5.74, 6) is 0.0771. The molecule has 0 amide bonds. The van der Waals surface area contributed by atoms with E-state index in [9.17, 15) is 19.5 Å². The molecule has 0 aromatic heterocycles. The number of thioether (sulfide) groups is 1. The number of carbonyl (C=O) groups is 3. The lowest BCUT2D eigenvalue weighted by molar-refractivity contribution is -0.174. The summed E-state index contributed by atoms with van der Waals surface area (Å²) in [6.45, 7) is 8.12. The molecule has 2 bridgehead atoms. The fraction of sp³-hybridized carbons (Fsp3) is 0.531. The summed E-state index contributed by atoms with van der Waals surface area (Å²) in [7, 11) is 1.57. The number of Topliss-reactive ketones (excluding diaryl/α,β-unsaturated/α-hetero) is 1. The first kappa shape index (κ1) is 26.9. The second-order valence-electron chi connectivity index (χ2n) is 13.2. The number of piperazine rings is 1. The van der Waals surface area contributed by atoms with Crippen molar-refractivity contribution in [3.63, 3.8) is 0 Å². The fourth-order valence-corrected chi connectivity index (χ4v) is 10.9. The van der Waals surface area contributed by atoms with Crippen LogP contribution in [0.25, 0.3) is 0 Å². The minimum absolute atomic E-state index is 0.0180. The molecule has 1 N–H and O–H groups in total. The Hall–Kier alpha value is -3.48. The Morgan fingerprint density at radius 2 is 1.91 bits per heavy atom. The SMILES string of the molecule is COc1c(C)cc2c(c1O)C1C3[C@@H]4SCC(=O)C(=O)OC5CC5(c5c6c(c(C)c(OC(C)=O)c54)OCO6)N3CC3CC2(C)N31. The number of aromatic hydroxyl groups is 1. The van der Waals surface area contributed by atoms with E-state index in [4.69, 9.17) is 23.7 Å². The molecule has 1 saturated carbocycles. The Balaban J connectivity index is 1.36. The maximum Gasteiger partial charge on any atom is 0.375 e.